The SMILES string of the molecule is N#CC1(F)CCN(c2nnc(Cc3ccc(F)cc3)n2CC2CCOC2)C1. The number of ether oxygens (including phenoxy) is 1. The lowest BCUT2D eigenvalue weighted by atomic mass is 10.1. The molecule has 2 aliphatic heterocycles. The van der Waals surface area contributed by atoms with Crippen LogP contribution in [0.4, 0.5) is 14.7 Å². The van der Waals surface area contributed by atoms with E-state index in [0.29, 0.717) is 38.0 Å². The van der Waals surface area contributed by atoms with E-state index in [1.54, 1.807) is 23.1 Å². The first-order valence-electron chi connectivity index (χ1n) is 9.16. The topological polar surface area (TPSA) is 67.0 Å². The Morgan fingerprint density at radius 1 is 1.30 bits per heavy atom. The van der Waals surface area contributed by atoms with Crippen LogP contribution in [0.2, 0.25) is 0 Å². The number of rotatable bonds is 5. The van der Waals surface area contributed by atoms with Crippen LogP contribution >= 0.6 is 0 Å². The van der Waals surface area contributed by atoms with Crippen LogP contribution in [0.15, 0.2) is 24.3 Å². The number of alkyl halides is 1. The predicted molar refractivity (Wildman–Crippen MR) is 94.4 cm³/mol. The fourth-order valence-corrected chi connectivity index (χ4v) is 3.68. The molecule has 2 fully saturated rings. The molecule has 0 saturated carbocycles. The normalized spacial score (nSPS) is 25.1. The van der Waals surface area contributed by atoms with Gasteiger partial charge in [-0.1, -0.05) is 12.1 Å². The third-order valence-electron chi connectivity index (χ3n) is 5.25. The van der Waals surface area contributed by atoms with E-state index < -0.39 is 5.67 Å². The predicted octanol–water partition coefficient (Wildman–Crippen LogP) is 2.49. The number of aromatic nitrogens is 3. The fourth-order valence-electron chi connectivity index (χ4n) is 3.68. The lowest BCUT2D eigenvalue weighted by molar-refractivity contribution is 0.182. The van der Waals surface area contributed by atoms with Crippen molar-refractivity contribution in [1.29, 1.82) is 5.26 Å². The highest BCUT2D eigenvalue weighted by atomic mass is 19.1. The summed E-state index contributed by atoms with van der Waals surface area (Å²) in [4.78, 5) is 1.79. The molecule has 0 radical (unpaired) electrons. The van der Waals surface area contributed by atoms with Crippen molar-refractivity contribution in [3.63, 3.8) is 0 Å². The molecule has 4 rings (SSSR count). The van der Waals surface area contributed by atoms with Crippen LogP contribution < -0.4 is 4.90 Å². The maximum atomic E-state index is 14.4. The molecule has 8 heteroatoms. The van der Waals surface area contributed by atoms with E-state index in [2.05, 4.69) is 10.2 Å². The van der Waals surface area contributed by atoms with Gasteiger partial charge in [-0.2, -0.15) is 5.26 Å². The highest BCUT2D eigenvalue weighted by Gasteiger charge is 2.40. The van der Waals surface area contributed by atoms with Gasteiger partial charge in [0.1, 0.15) is 17.7 Å². The van der Waals surface area contributed by atoms with Crippen molar-refractivity contribution in [1.82, 2.24) is 14.8 Å². The van der Waals surface area contributed by atoms with Crippen molar-refractivity contribution in [2.45, 2.75) is 31.5 Å². The first-order valence-corrected chi connectivity index (χ1v) is 9.16. The van der Waals surface area contributed by atoms with Crippen LogP contribution in [-0.4, -0.2) is 46.7 Å². The van der Waals surface area contributed by atoms with Crippen LogP contribution in [0.25, 0.3) is 0 Å². The van der Waals surface area contributed by atoms with Crippen molar-refractivity contribution >= 4 is 5.95 Å². The minimum atomic E-state index is -1.84. The average molecular weight is 373 g/mol. The van der Waals surface area contributed by atoms with Gasteiger partial charge in [0.25, 0.3) is 0 Å². The van der Waals surface area contributed by atoms with E-state index in [4.69, 9.17) is 10.00 Å². The molecule has 0 amide bonds. The van der Waals surface area contributed by atoms with Crippen LogP contribution in [0, 0.1) is 23.1 Å². The number of anilines is 1. The molecule has 0 aliphatic carbocycles. The average Bonchev–Trinajstić information content (AvgIpc) is 3.40. The largest absolute Gasteiger partial charge is 0.381 e. The summed E-state index contributed by atoms with van der Waals surface area (Å²) in [6.07, 6.45) is 1.63. The van der Waals surface area contributed by atoms with Gasteiger partial charge in [0.05, 0.1) is 13.2 Å². The van der Waals surface area contributed by atoms with Crippen molar-refractivity contribution in [2.24, 2.45) is 5.92 Å². The third kappa shape index (κ3) is 3.78. The summed E-state index contributed by atoms with van der Waals surface area (Å²) >= 11 is 0. The van der Waals surface area contributed by atoms with Gasteiger partial charge >= 0.3 is 0 Å². The Morgan fingerprint density at radius 2 is 2.11 bits per heavy atom. The van der Waals surface area contributed by atoms with Gasteiger partial charge in [-0.25, -0.2) is 8.78 Å². The third-order valence-corrected chi connectivity index (χ3v) is 5.25. The molecule has 6 nitrogen and oxygen atoms in total. The van der Waals surface area contributed by atoms with E-state index in [-0.39, 0.29) is 18.8 Å². The highest BCUT2D eigenvalue weighted by molar-refractivity contribution is 5.37. The van der Waals surface area contributed by atoms with Crippen LogP contribution in [0.5, 0.6) is 0 Å². The maximum Gasteiger partial charge on any atom is 0.227 e. The molecular weight excluding hydrogens is 352 g/mol. The summed E-state index contributed by atoms with van der Waals surface area (Å²) in [7, 11) is 0. The number of nitriles is 1. The first-order chi connectivity index (χ1) is 13.1. The van der Waals surface area contributed by atoms with Crippen molar-refractivity contribution in [3.05, 3.63) is 41.5 Å². The van der Waals surface area contributed by atoms with Gasteiger partial charge in [-0.05, 0) is 24.1 Å². The van der Waals surface area contributed by atoms with Crippen molar-refractivity contribution < 1.29 is 13.5 Å². The Hall–Kier alpha value is -2.53. The van der Waals surface area contributed by atoms with Crippen molar-refractivity contribution in [3.8, 4) is 6.07 Å². The minimum absolute atomic E-state index is 0.000647. The molecule has 2 aromatic rings. The molecule has 2 aliphatic rings. The van der Waals surface area contributed by atoms with Gasteiger partial charge in [0.15, 0.2) is 0 Å². The Kier molecular flexibility index (Phi) is 4.79. The minimum Gasteiger partial charge on any atom is -0.381 e. The van der Waals surface area contributed by atoms with E-state index in [1.165, 1.54) is 12.1 Å². The Balaban J connectivity index is 1.61. The Bertz CT molecular complexity index is 841. The molecule has 2 saturated heterocycles. The zero-order valence-corrected chi connectivity index (χ0v) is 14.9. The van der Waals surface area contributed by atoms with Crippen molar-refractivity contribution in [2.75, 3.05) is 31.2 Å². The first kappa shape index (κ1) is 17.9. The summed E-state index contributed by atoms with van der Waals surface area (Å²) in [6.45, 7) is 2.53. The van der Waals surface area contributed by atoms with E-state index in [9.17, 15) is 8.78 Å². The molecule has 27 heavy (non-hydrogen) atoms. The summed E-state index contributed by atoms with van der Waals surface area (Å²) in [5.74, 6) is 1.41. The maximum absolute atomic E-state index is 14.4. The van der Waals surface area contributed by atoms with Crippen LogP contribution in [-0.2, 0) is 17.7 Å². The summed E-state index contributed by atoms with van der Waals surface area (Å²) < 4.78 is 35.1. The van der Waals surface area contributed by atoms with Gasteiger partial charge in [0.2, 0.25) is 11.6 Å². The van der Waals surface area contributed by atoms with E-state index >= 15 is 0 Å². The number of nitrogens with zero attached hydrogens (tertiary/aromatic N) is 5. The Morgan fingerprint density at radius 3 is 2.78 bits per heavy atom. The van der Waals surface area contributed by atoms with Gasteiger partial charge in [0, 0.05) is 38.5 Å². The molecule has 0 spiro atoms. The fraction of sp³-hybridized carbons (Fsp3) is 0.526. The van der Waals surface area contributed by atoms with Gasteiger partial charge < -0.3 is 9.64 Å². The van der Waals surface area contributed by atoms with Gasteiger partial charge in [-0.15, -0.1) is 10.2 Å². The molecule has 2 unspecified atom stereocenters. The van der Waals surface area contributed by atoms with Gasteiger partial charge in [-0.3, -0.25) is 4.57 Å². The smallest absolute Gasteiger partial charge is 0.227 e. The Labute approximate surface area is 156 Å². The number of halogens is 2. The second-order valence-corrected chi connectivity index (χ2v) is 7.31. The zero-order valence-electron chi connectivity index (χ0n) is 14.9. The van der Waals surface area contributed by atoms with E-state index in [1.807, 2.05) is 4.57 Å². The lowest BCUT2D eigenvalue weighted by Gasteiger charge is -2.21. The molecule has 3 heterocycles. The number of hydrogen-bond acceptors (Lipinski definition) is 5. The highest BCUT2D eigenvalue weighted by Crippen LogP contribution is 2.30. The summed E-state index contributed by atoms with van der Waals surface area (Å²) in [5, 5.41) is 17.7. The molecule has 0 N–H and O–H groups in total. The quantitative estimate of drug-likeness (QED) is 0.806. The summed E-state index contributed by atoms with van der Waals surface area (Å²) in [6, 6.07) is 8.06. The van der Waals surface area contributed by atoms with E-state index in [0.717, 1.165) is 24.4 Å². The summed E-state index contributed by atoms with van der Waals surface area (Å²) in [5.41, 5.74) is -0.915. The number of hydrogen-bond donors (Lipinski definition) is 0. The standard InChI is InChI=1S/C19H21F2N5O/c20-16-3-1-14(2-4-16)9-17-23-24-18(25-7-6-19(21,12-22)13-25)26(17)10-15-5-8-27-11-15/h1-4,15H,5-11,13H2. The molecule has 142 valence electrons. The second-order valence-electron chi connectivity index (χ2n) is 7.31. The lowest BCUT2D eigenvalue weighted by Crippen LogP contribution is -2.30. The number of benzene rings is 1. The van der Waals surface area contributed by atoms with Crippen LogP contribution in [0.1, 0.15) is 24.2 Å². The molecular formula is C19H21F2N5O. The van der Waals surface area contributed by atoms with Crippen LogP contribution in [0.3, 0.4) is 0 Å². The molecule has 1 aromatic carbocycles. The monoisotopic (exact) mass is 373 g/mol. The molecule has 0 bridgehead atoms. The molecule has 2 atom stereocenters. The molecule has 1 aromatic heterocycles. The zero-order chi connectivity index (χ0) is 18.9. The second kappa shape index (κ2) is 7.24.